The molecule has 2 aliphatic carbocycles. The van der Waals surface area contributed by atoms with Crippen LogP contribution in [-0.4, -0.2) is 24.4 Å². The molecule has 0 aromatic carbocycles. The fourth-order valence-corrected chi connectivity index (χ4v) is 3.31. The molecule has 0 amide bonds. The van der Waals surface area contributed by atoms with Gasteiger partial charge in [0.25, 0.3) is 0 Å². The van der Waals surface area contributed by atoms with Crippen LogP contribution < -0.4 is 0 Å². The molecule has 0 spiro atoms. The Morgan fingerprint density at radius 2 is 2.19 bits per heavy atom. The summed E-state index contributed by atoms with van der Waals surface area (Å²) in [5, 5.41) is 20.4. The quantitative estimate of drug-likeness (QED) is 0.794. The highest BCUT2D eigenvalue weighted by molar-refractivity contribution is 5.18. The van der Waals surface area contributed by atoms with Crippen LogP contribution in [0.3, 0.4) is 0 Å². The van der Waals surface area contributed by atoms with Crippen LogP contribution in [0.1, 0.15) is 39.0 Å². The van der Waals surface area contributed by atoms with Crippen LogP contribution in [0.25, 0.3) is 0 Å². The molecule has 2 saturated carbocycles. The molecule has 0 heterocycles. The first-order chi connectivity index (χ1) is 7.58. The maximum Gasteiger partial charge on any atom is 0.109 e. The molecule has 0 aliphatic heterocycles. The van der Waals surface area contributed by atoms with Crippen molar-refractivity contribution in [3.8, 4) is 6.07 Å². The average Bonchev–Trinajstić information content (AvgIpc) is 3.03. The third-order valence-electron chi connectivity index (χ3n) is 4.42. The lowest BCUT2D eigenvalue weighted by molar-refractivity contribution is -0.117. The van der Waals surface area contributed by atoms with Crippen LogP contribution in [0.2, 0.25) is 0 Å². The Morgan fingerprint density at radius 3 is 2.56 bits per heavy atom. The number of ether oxygens (including phenoxy) is 1. The van der Waals surface area contributed by atoms with Crippen molar-refractivity contribution in [3.05, 3.63) is 0 Å². The van der Waals surface area contributed by atoms with Crippen molar-refractivity contribution in [1.29, 1.82) is 5.26 Å². The highest BCUT2D eigenvalue weighted by atomic mass is 16.5. The van der Waals surface area contributed by atoms with Gasteiger partial charge >= 0.3 is 0 Å². The monoisotopic (exact) mass is 223 g/mol. The smallest absolute Gasteiger partial charge is 0.109 e. The Labute approximate surface area is 97.4 Å². The first-order valence-corrected chi connectivity index (χ1v) is 6.20. The molecule has 0 radical (unpaired) electrons. The number of nitriles is 1. The van der Waals surface area contributed by atoms with Gasteiger partial charge in [-0.1, -0.05) is 6.92 Å². The maximum absolute atomic E-state index is 10.9. The lowest BCUT2D eigenvalue weighted by atomic mass is 9.68. The fraction of sp³-hybridized carbons (Fsp3) is 0.923. The third kappa shape index (κ3) is 1.65. The van der Waals surface area contributed by atoms with E-state index in [4.69, 9.17) is 4.74 Å². The number of methoxy groups -OCH3 is 1. The number of aliphatic hydroxyl groups is 1. The van der Waals surface area contributed by atoms with E-state index in [9.17, 15) is 10.4 Å². The van der Waals surface area contributed by atoms with Crippen molar-refractivity contribution in [2.45, 2.75) is 44.6 Å². The zero-order valence-electron chi connectivity index (χ0n) is 10.2. The second-order valence-corrected chi connectivity index (χ2v) is 5.67. The molecular formula is C13H21NO2. The Balaban J connectivity index is 2.27. The van der Waals surface area contributed by atoms with Crippen LogP contribution in [0.15, 0.2) is 0 Å². The molecule has 2 aliphatic rings. The molecule has 3 unspecified atom stereocenters. The second kappa shape index (κ2) is 4.01. The summed E-state index contributed by atoms with van der Waals surface area (Å²) in [6.07, 6.45) is 4.77. The molecule has 16 heavy (non-hydrogen) atoms. The first kappa shape index (κ1) is 11.9. The van der Waals surface area contributed by atoms with Crippen molar-refractivity contribution < 1.29 is 9.84 Å². The van der Waals surface area contributed by atoms with Gasteiger partial charge in [-0.2, -0.15) is 5.26 Å². The van der Waals surface area contributed by atoms with E-state index in [1.54, 1.807) is 7.11 Å². The number of hydrogen-bond acceptors (Lipinski definition) is 3. The standard InChI is InChI=1S/C13H21NO2/c1-10-5-6-12(7-10,8-14)13(15,9-16-2)11-3-4-11/h10-11,15H,3-7,9H2,1-2H3. The van der Waals surface area contributed by atoms with Gasteiger partial charge in [0.05, 0.1) is 18.1 Å². The fourth-order valence-electron chi connectivity index (χ4n) is 3.31. The molecule has 1 N–H and O–H groups in total. The van der Waals surface area contributed by atoms with Gasteiger partial charge < -0.3 is 9.84 Å². The Kier molecular flexibility index (Phi) is 2.98. The second-order valence-electron chi connectivity index (χ2n) is 5.67. The normalized spacial score (nSPS) is 38.0. The number of rotatable bonds is 4. The van der Waals surface area contributed by atoms with Crippen LogP contribution >= 0.6 is 0 Å². The summed E-state index contributed by atoms with van der Waals surface area (Å²) in [7, 11) is 1.61. The Hall–Kier alpha value is -0.590. The minimum atomic E-state index is -0.915. The van der Waals surface area contributed by atoms with Crippen LogP contribution in [-0.2, 0) is 4.74 Å². The van der Waals surface area contributed by atoms with Crippen LogP contribution in [0, 0.1) is 28.6 Å². The molecule has 0 aromatic heterocycles. The predicted molar refractivity (Wildman–Crippen MR) is 60.6 cm³/mol. The summed E-state index contributed by atoms with van der Waals surface area (Å²) in [5.74, 6) is 0.819. The van der Waals surface area contributed by atoms with Crippen molar-refractivity contribution in [3.63, 3.8) is 0 Å². The number of hydrogen-bond donors (Lipinski definition) is 1. The number of nitrogens with zero attached hydrogens (tertiary/aromatic N) is 1. The molecule has 0 saturated heterocycles. The van der Waals surface area contributed by atoms with E-state index in [0.717, 1.165) is 32.1 Å². The third-order valence-corrected chi connectivity index (χ3v) is 4.42. The molecule has 3 heteroatoms. The molecule has 3 nitrogen and oxygen atoms in total. The maximum atomic E-state index is 10.9. The van der Waals surface area contributed by atoms with Crippen molar-refractivity contribution in [2.75, 3.05) is 13.7 Å². The SMILES string of the molecule is COCC(O)(C1CC1)C1(C#N)CCC(C)C1. The minimum Gasteiger partial charge on any atom is -0.386 e. The zero-order valence-corrected chi connectivity index (χ0v) is 10.2. The van der Waals surface area contributed by atoms with E-state index < -0.39 is 11.0 Å². The lowest BCUT2D eigenvalue weighted by Gasteiger charge is -2.40. The largest absolute Gasteiger partial charge is 0.386 e. The van der Waals surface area contributed by atoms with Crippen molar-refractivity contribution in [2.24, 2.45) is 17.3 Å². The van der Waals surface area contributed by atoms with Gasteiger partial charge in [-0.15, -0.1) is 0 Å². The molecule has 0 aromatic rings. The summed E-state index contributed by atoms with van der Waals surface area (Å²) in [6, 6.07) is 2.42. The van der Waals surface area contributed by atoms with Gasteiger partial charge in [0.1, 0.15) is 5.60 Å². The highest BCUT2D eigenvalue weighted by Gasteiger charge is 2.60. The van der Waals surface area contributed by atoms with Crippen molar-refractivity contribution in [1.82, 2.24) is 0 Å². The lowest BCUT2D eigenvalue weighted by Crippen LogP contribution is -2.51. The Morgan fingerprint density at radius 1 is 1.50 bits per heavy atom. The van der Waals surface area contributed by atoms with Gasteiger partial charge in [0.2, 0.25) is 0 Å². The average molecular weight is 223 g/mol. The van der Waals surface area contributed by atoms with Gasteiger partial charge in [-0.25, -0.2) is 0 Å². The summed E-state index contributed by atoms with van der Waals surface area (Å²) in [5.41, 5.74) is -1.48. The summed E-state index contributed by atoms with van der Waals surface area (Å²) in [6.45, 7) is 2.47. The molecule has 3 atom stereocenters. The summed E-state index contributed by atoms with van der Waals surface area (Å²) in [4.78, 5) is 0. The van der Waals surface area contributed by atoms with E-state index in [1.165, 1.54) is 0 Å². The van der Waals surface area contributed by atoms with E-state index in [1.807, 2.05) is 0 Å². The predicted octanol–water partition coefficient (Wildman–Crippen LogP) is 2.10. The van der Waals surface area contributed by atoms with E-state index in [-0.39, 0.29) is 5.92 Å². The van der Waals surface area contributed by atoms with E-state index in [2.05, 4.69) is 13.0 Å². The molecule has 2 fully saturated rings. The van der Waals surface area contributed by atoms with E-state index in [0.29, 0.717) is 12.5 Å². The van der Waals surface area contributed by atoms with Gasteiger partial charge in [-0.3, -0.25) is 0 Å². The van der Waals surface area contributed by atoms with E-state index >= 15 is 0 Å². The van der Waals surface area contributed by atoms with Gasteiger partial charge in [-0.05, 0) is 43.9 Å². The molecule has 2 rings (SSSR count). The Bertz CT molecular complexity index is 308. The minimum absolute atomic E-state index is 0.275. The summed E-state index contributed by atoms with van der Waals surface area (Å²) < 4.78 is 5.18. The molecule has 0 bridgehead atoms. The van der Waals surface area contributed by atoms with Gasteiger partial charge in [0.15, 0.2) is 0 Å². The topological polar surface area (TPSA) is 53.2 Å². The van der Waals surface area contributed by atoms with Gasteiger partial charge in [0, 0.05) is 7.11 Å². The van der Waals surface area contributed by atoms with Crippen molar-refractivity contribution >= 4 is 0 Å². The molecular weight excluding hydrogens is 202 g/mol. The molecule has 90 valence electrons. The summed E-state index contributed by atoms with van der Waals surface area (Å²) >= 11 is 0. The first-order valence-electron chi connectivity index (χ1n) is 6.20. The van der Waals surface area contributed by atoms with Crippen LogP contribution in [0.5, 0.6) is 0 Å². The van der Waals surface area contributed by atoms with Crippen LogP contribution in [0.4, 0.5) is 0 Å². The zero-order chi connectivity index (χ0) is 11.8. The highest BCUT2D eigenvalue weighted by Crippen LogP contribution is 2.56.